The number of nitrogens with zero attached hydrogens (tertiary/aromatic N) is 2. The second-order valence-corrected chi connectivity index (χ2v) is 7.67. The van der Waals surface area contributed by atoms with E-state index in [0.717, 1.165) is 24.1 Å². The maximum Gasteiger partial charge on any atom is 0.326 e. The first-order valence-corrected chi connectivity index (χ1v) is 9.47. The van der Waals surface area contributed by atoms with Crippen molar-refractivity contribution in [2.24, 2.45) is 11.8 Å². The van der Waals surface area contributed by atoms with Gasteiger partial charge in [0.15, 0.2) is 0 Å². The van der Waals surface area contributed by atoms with Crippen molar-refractivity contribution in [3.05, 3.63) is 64.2 Å². The predicted octanol–water partition coefficient (Wildman–Crippen LogP) is 1.68. The average molecular weight is 425 g/mol. The Balaban J connectivity index is 1.90. The molecule has 10 nitrogen and oxygen atoms in total. The van der Waals surface area contributed by atoms with E-state index in [4.69, 9.17) is 4.74 Å². The van der Waals surface area contributed by atoms with Crippen LogP contribution in [0.2, 0.25) is 0 Å². The molecule has 0 radical (unpaired) electrons. The van der Waals surface area contributed by atoms with E-state index < -0.39 is 46.1 Å². The number of benzene rings is 2. The highest BCUT2D eigenvalue weighted by Crippen LogP contribution is 2.51. The molecule has 0 aliphatic carbocycles. The van der Waals surface area contributed by atoms with Crippen molar-refractivity contribution in [1.29, 1.82) is 0 Å². The summed E-state index contributed by atoms with van der Waals surface area (Å²) >= 11 is 0. The van der Waals surface area contributed by atoms with Crippen molar-refractivity contribution >= 4 is 29.2 Å². The first kappa shape index (κ1) is 20.5. The van der Waals surface area contributed by atoms with Crippen molar-refractivity contribution < 1.29 is 29.2 Å². The number of amides is 2. The Hall–Kier alpha value is -3.79. The van der Waals surface area contributed by atoms with Gasteiger partial charge in [-0.3, -0.25) is 29.8 Å². The molecule has 2 aliphatic rings. The Morgan fingerprint density at radius 3 is 2.48 bits per heavy atom. The Bertz CT molecular complexity index is 1100. The van der Waals surface area contributed by atoms with Gasteiger partial charge in [-0.15, -0.1) is 0 Å². The van der Waals surface area contributed by atoms with Crippen molar-refractivity contribution in [1.82, 2.24) is 5.32 Å². The second-order valence-electron chi connectivity index (χ2n) is 7.67. The molecule has 2 aromatic rings. The molecule has 31 heavy (non-hydrogen) atoms. The summed E-state index contributed by atoms with van der Waals surface area (Å²) in [5.74, 6) is -4.49. The van der Waals surface area contributed by atoms with Crippen LogP contribution in [-0.2, 0) is 19.1 Å². The van der Waals surface area contributed by atoms with Gasteiger partial charge in [-0.25, -0.2) is 4.90 Å². The van der Waals surface area contributed by atoms with Crippen molar-refractivity contribution in [3.8, 4) is 5.75 Å². The fourth-order valence-corrected chi connectivity index (χ4v) is 4.59. The molecule has 0 bridgehead atoms. The number of nitro groups is 1. The minimum absolute atomic E-state index is 0.00342. The molecule has 2 N–H and O–H groups in total. The summed E-state index contributed by atoms with van der Waals surface area (Å²) < 4.78 is 4.89. The molecule has 0 spiro atoms. The van der Waals surface area contributed by atoms with Crippen LogP contribution in [0.5, 0.6) is 5.75 Å². The van der Waals surface area contributed by atoms with E-state index in [1.54, 1.807) is 30.3 Å². The van der Waals surface area contributed by atoms with Crippen LogP contribution in [0.25, 0.3) is 0 Å². The van der Waals surface area contributed by atoms with Gasteiger partial charge in [0.25, 0.3) is 5.69 Å². The van der Waals surface area contributed by atoms with E-state index in [2.05, 4.69) is 5.32 Å². The average Bonchev–Trinajstić information content (AvgIpc) is 3.21. The van der Waals surface area contributed by atoms with Crippen LogP contribution in [0, 0.1) is 22.0 Å². The smallest absolute Gasteiger partial charge is 0.326 e. The molecule has 2 heterocycles. The lowest BCUT2D eigenvalue weighted by Gasteiger charge is -2.28. The number of carbonyl (C=O) groups is 3. The number of hydrogen-bond acceptors (Lipinski definition) is 8. The molecule has 0 aromatic heterocycles. The summed E-state index contributed by atoms with van der Waals surface area (Å²) in [6.07, 6.45) is 0. The highest BCUT2D eigenvalue weighted by Gasteiger charge is 2.67. The lowest BCUT2D eigenvalue weighted by atomic mass is 9.80. The largest absolute Gasteiger partial charge is 0.508 e. The number of rotatable bonds is 4. The Kier molecular flexibility index (Phi) is 4.74. The molecule has 0 saturated carbocycles. The zero-order chi connectivity index (χ0) is 22.5. The fraction of sp³-hybridized carbons (Fsp3) is 0.286. The van der Waals surface area contributed by atoms with Gasteiger partial charge in [-0.1, -0.05) is 18.2 Å². The molecule has 2 saturated heterocycles. The maximum absolute atomic E-state index is 13.4. The van der Waals surface area contributed by atoms with E-state index in [0.29, 0.717) is 5.69 Å². The number of ether oxygens (including phenoxy) is 1. The van der Waals surface area contributed by atoms with Crippen molar-refractivity contribution in [3.63, 3.8) is 0 Å². The zero-order valence-corrected chi connectivity index (χ0v) is 16.6. The lowest BCUT2D eigenvalue weighted by molar-refractivity contribution is -0.385. The number of anilines is 1. The molecule has 10 heteroatoms. The molecule has 160 valence electrons. The predicted molar refractivity (Wildman–Crippen MR) is 107 cm³/mol. The number of nitrogens with one attached hydrogen (secondary N) is 1. The lowest BCUT2D eigenvalue weighted by Crippen LogP contribution is -2.54. The summed E-state index contributed by atoms with van der Waals surface area (Å²) in [5, 5.41) is 24.5. The van der Waals surface area contributed by atoms with E-state index in [1.165, 1.54) is 13.0 Å². The van der Waals surface area contributed by atoms with Gasteiger partial charge in [0.1, 0.15) is 11.3 Å². The highest BCUT2D eigenvalue weighted by molar-refractivity contribution is 6.24. The number of carbonyl (C=O) groups excluding carboxylic acids is 3. The van der Waals surface area contributed by atoms with Crippen LogP contribution in [0.3, 0.4) is 0 Å². The molecule has 4 atom stereocenters. The number of para-hydroxylation sites is 1. The molecule has 2 fully saturated rings. The highest BCUT2D eigenvalue weighted by atomic mass is 16.6. The zero-order valence-electron chi connectivity index (χ0n) is 16.6. The summed E-state index contributed by atoms with van der Waals surface area (Å²) in [5.41, 5.74) is -1.62. The number of nitro benzene ring substituents is 1. The minimum Gasteiger partial charge on any atom is -0.508 e. The number of hydrogen-bond donors (Lipinski definition) is 2. The third kappa shape index (κ3) is 2.95. The number of phenols is 1. The van der Waals surface area contributed by atoms with Gasteiger partial charge in [0.2, 0.25) is 11.8 Å². The fourth-order valence-electron chi connectivity index (χ4n) is 4.59. The summed E-state index contributed by atoms with van der Waals surface area (Å²) in [6, 6.07) is 10.6. The Labute approximate surface area is 176 Å². The summed E-state index contributed by atoms with van der Waals surface area (Å²) in [6.45, 7) is 1.44. The molecular weight excluding hydrogens is 406 g/mol. The van der Waals surface area contributed by atoms with Crippen LogP contribution in [0.4, 0.5) is 11.4 Å². The van der Waals surface area contributed by atoms with Gasteiger partial charge in [0, 0.05) is 6.07 Å². The Morgan fingerprint density at radius 1 is 1.19 bits per heavy atom. The number of phenolic OH excluding ortho intramolecular Hbond substituents is 1. The van der Waals surface area contributed by atoms with E-state index in [1.807, 2.05) is 0 Å². The van der Waals surface area contributed by atoms with Gasteiger partial charge >= 0.3 is 5.97 Å². The first-order valence-electron chi connectivity index (χ1n) is 9.47. The summed E-state index contributed by atoms with van der Waals surface area (Å²) in [4.78, 5) is 51.4. The number of imide groups is 1. The van der Waals surface area contributed by atoms with Gasteiger partial charge in [-0.2, -0.15) is 0 Å². The number of aromatic hydroxyl groups is 1. The molecule has 2 aliphatic heterocycles. The minimum atomic E-state index is -1.61. The normalized spacial score (nSPS) is 27.3. The van der Waals surface area contributed by atoms with Crippen LogP contribution in [-0.4, -0.2) is 40.5 Å². The number of methoxy groups -OCH3 is 1. The van der Waals surface area contributed by atoms with Crippen molar-refractivity contribution in [2.45, 2.75) is 18.5 Å². The molecular formula is C21H19N3O7. The monoisotopic (exact) mass is 425 g/mol. The van der Waals surface area contributed by atoms with Crippen LogP contribution in [0.1, 0.15) is 18.5 Å². The number of esters is 1. The SMILES string of the molecule is COC(=O)[C@]1(C)N[C@H](c2cc(O)ccc2[N+](=O)[O-])C2C(=O)N(c3ccccc3)C(=O)C21. The standard InChI is InChI=1S/C21H19N3O7/c1-21(20(28)31-2)16-15(18(26)23(19(16)27)11-6-4-3-5-7-11)17(22-21)13-10-12(25)8-9-14(13)24(29)30/h3-10,15-17,22,25H,1-2H3/t15?,16?,17-,21-/m1/s1. The molecule has 2 aromatic carbocycles. The van der Waals surface area contributed by atoms with Gasteiger partial charge in [0.05, 0.1) is 41.2 Å². The topological polar surface area (TPSA) is 139 Å². The second kappa shape index (κ2) is 7.17. The van der Waals surface area contributed by atoms with Crippen LogP contribution >= 0.6 is 0 Å². The maximum atomic E-state index is 13.4. The van der Waals surface area contributed by atoms with Crippen LogP contribution in [0.15, 0.2) is 48.5 Å². The van der Waals surface area contributed by atoms with E-state index in [-0.39, 0.29) is 17.0 Å². The van der Waals surface area contributed by atoms with Gasteiger partial charge in [-0.05, 0) is 31.2 Å². The van der Waals surface area contributed by atoms with Gasteiger partial charge < -0.3 is 9.84 Å². The van der Waals surface area contributed by atoms with Crippen molar-refractivity contribution in [2.75, 3.05) is 12.0 Å². The quantitative estimate of drug-likeness (QED) is 0.326. The number of fused-ring (bicyclic) bond motifs is 1. The van der Waals surface area contributed by atoms with Crippen LogP contribution < -0.4 is 10.2 Å². The molecule has 2 amide bonds. The van der Waals surface area contributed by atoms with E-state index >= 15 is 0 Å². The molecule has 4 rings (SSSR count). The summed E-state index contributed by atoms with van der Waals surface area (Å²) in [7, 11) is 1.16. The molecule has 2 unspecified atom stereocenters. The Morgan fingerprint density at radius 2 is 1.87 bits per heavy atom. The first-order chi connectivity index (χ1) is 14.7. The third-order valence-corrected chi connectivity index (χ3v) is 5.95. The van der Waals surface area contributed by atoms with E-state index in [9.17, 15) is 29.6 Å². The third-order valence-electron chi connectivity index (χ3n) is 5.95.